The molecule has 1 amide bonds. The van der Waals surface area contributed by atoms with Crippen molar-refractivity contribution >= 4 is 39.7 Å². The number of nitrogens with one attached hydrogen (secondary N) is 1. The van der Waals surface area contributed by atoms with Crippen molar-refractivity contribution in [2.45, 2.75) is 6.61 Å². The molecule has 2 aromatic carbocycles. The van der Waals surface area contributed by atoms with Gasteiger partial charge >= 0.3 is 0 Å². The number of ether oxygens (including phenoxy) is 2. The number of hydrogen-bond acceptors (Lipinski definition) is 5. The highest BCUT2D eigenvalue weighted by atomic mass is 79.9. The van der Waals surface area contributed by atoms with E-state index in [2.05, 4.69) is 31.4 Å². The van der Waals surface area contributed by atoms with Gasteiger partial charge in [0.15, 0.2) is 11.5 Å². The summed E-state index contributed by atoms with van der Waals surface area (Å²) in [4.78, 5) is 15.9. The molecular formula is C21H17BrClN3O3. The van der Waals surface area contributed by atoms with Crippen molar-refractivity contribution in [2.75, 3.05) is 7.11 Å². The van der Waals surface area contributed by atoms with E-state index in [9.17, 15) is 4.79 Å². The minimum atomic E-state index is -0.324. The van der Waals surface area contributed by atoms with Crippen LogP contribution in [0.4, 0.5) is 0 Å². The number of halogens is 2. The molecule has 0 fully saturated rings. The second-order valence-corrected chi connectivity index (χ2v) is 7.17. The molecule has 0 saturated heterocycles. The van der Waals surface area contributed by atoms with Crippen molar-refractivity contribution in [1.82, 2.24) is 10.4 Å². The smallest absolute Gasteiger partial charge is 0.271 e. The summed E-state index contributed by atoms with van der Waals surface area (Å²) in [6.07, 6.45) is 4.61. The fourth-order valence-corrected chi connectivity index (χ4v) is 2.94. The molecule has 0 aliphatic rings. The number of amides is 1. The molecule has 0 saturated carbocycles. The molecule has 0 bridgehead atoms. The minimum Gasteiger partial charge on any atom is -0.493 e. The Kier molecular flexibility index (Phi) is 7.21. The van der Waals surface area contributed by atoms with Crippen LogP contribution in [0, 0.1) is 0 Å². The Morgan fingerprint density at radius 1 is 1.17 bits per heavy atom. The standard InChI is InChI=1S/C21H17BrClN3O3/c1-28-19-10-16(12-25-26-21(27)15-6-8-24-9-7-15)18(22)11-20(19)29-13-14-2-4-17(23)5-3-14/h2-12H,13H2,1H3,(H,26,27). The Morgan fingerprint density at radius 2 is 1.90 bits per heavy atom. The lowest BCUT2D eigenvalue weighted by Gasteiger charge is -2.13. The van der Waals surface area contributed by atoms with Crippen LogP contribution >= 0.6 is 27.5 Å². The molecule has 1 aromatic heterocycles. The normalized spacial score (nSPS) is 10.7. The van der Waals surface area contributed by atoms with E-state index in [0.717, 1.165) is 15.6 Å². The second kappa shape index (κ2) is 10.0. The summed E-state index contributed by atoms with van der Waals surface area (Å²) in [6, 6.07) is 14.2. The Labute approximate surface area is 181 Å². The number of carbonyl (C=O) groups is 1. The van der Waals surface area contributed by atoms with E-state index in [1.54, 1.807) is 43.8 Å². The molecule has 0 unspecified atom stereocenters. The maximum Gasteiger partial charge on any atom is 0.271 e. The highest BCUT2D eigenvalue weighted by molar-refractivity contribution is 9.10. The number of benzene rings is 2. The largest absolute Gasteiger partial charge is 0.493 e. The summed E-state index contributed by atoms with van der Waals surface area (Å²) in [7, 11) is 1.56. The Hall–Kier alpha value is -2.90. The van der Waals surface area contributed by atoms with Gasteiger partial charge in [0.25, 0.3) is 5.91 Å². The molecule has 29 heavy (non-hydrogen) atoms. The van der Waals surface area contributed by atoms with Gasteiger partial charge in [-0.3, -0.25) is 9.78 Å². The average Bonchev–Trinajstić information content (AvgIpc) is 2.75. The number of hydrazone groups is 1. The number of carbonyl (C=O) groups excluding carboxylic acids is 1. The summed E-state index contributed by atoms with van der Waals surface area (Å²) in [5, 5.41) is 4.68. The number of pyridine rings is 1. The van der Waals surface area contributed by atoms with E-state index in [-0.39, 0.29) is 5.91 Å². The van der Waals surface area contributed by atoms with Crippen LogP contribution in [0.1, 0.15) is 21.5 Å². The molecule has 0 radical (unpaired) electrons. The van der Waals surface area contributed by atoms with Gasteiger partial charge in [0.2, 0.25) is 0 Å². The molecule has 8 heteroatoms. The summed E-state index contributed by atoms with van der Waals surface area (Å²) in [5.41, 5.74) is 4.65. The van der Waals surface area contributed by atoms with Crippen LogP contribution in [0.25, 0.3) is 0 Å². The van der Waals surface area contributed by atoms with Crippen LogP contribution in [0.5, 0.6) is 11.5 Å². The van der Waals surface area contributed by atoms with Gasteiger partial charge in [-0.2, -0.15) is 5.10 Å². The highest BCUT2D eigenvalue weighted by Crippen LogP contribution is 2.33. The minimum absolute atomic E-state index is 0.324. The number of rotatable bonds is 7. The highest BCUT2D eigenvalue weighted by Gasteiger charge is 2.10. The van der Waals surface area contributed by atoms with Crippen molar-refractivity contribution in [3.63, 3.8) is 0 Å². The van der Waals surface area contributed by atoms with Gasteiger partial charge in [0.05, 0.1) is 13.3 Å². The van der Waals surface area contributed by atoms with Crippen molar-refractivity contribution in [3.8, 4) is 11.5 Å². The molecule has 6 nitrogen and oxygen atoms in total. The third kappa shape index (κ3) is 5.79. The zero-order valence-electron chi connectivity index (χ0n) is 15.4. The fraction of sp³-hybridized carbons (Fsp3) is 0.0952. The predicted octanol–water partition coefficient (Wildman–Crippen LogP) is 4.85. The monoisotopic (exact) mass is 473 g/mol. The first-order valence-electron chi connectivity index (χ1n) is 8.55. The third-order valence-electron chi connectivity index (χ3n) is 3.90. The van der Waals surface area contributed by atoms with Crippen molar-refractivity contribution in [3.05, 3.63) is 87.1 Å². The number of nitrogens with zero attached hydrogens (tertiary/aromatic N) is 2. The molecule has 3 rings (SSSR count). The zero-order valence-corrected chi connectivity index (χ0v) is 17.8. The van der Waals surface area contributed by atoms with Gasteiger partial charge in [0.1, 0.15) is 6.61 Å². The SMILES string of the molecule is COc1cc(C=NNC(=O)c2ccncc2)c(Br)cc1OCc1ccc(Cl)cc1. The van der Waals surface area contributed by atoms with Gasteiger partial charge in [-0.1, -0.05) is 23.7 Å². The summed E-state index contributed by atoms with van der Waals surface area (Å²) in [5.74, 6) is 0.797. The number of methoxy groups -OCH3 is 1. The van der Waals surface area contributed by atoms with E-state index < -0.39 is 0 Å². The lowest BCUT2D eigenvalue weighted by Crippen LogP contribution is -2.17. The lowest BCUT2D eigenvalue weighted by atomic mass is 10.2. The first-order chi connectivity index (χ1) is 14.1. The Balaban J connectivity index is 1.68. The molecular weight excluding hydrogens is 458 g/mol. The zero-order chi connectivity index (χ0) is 20.6. The average molecular weight is 475 g/mol. The van der Waals surface area contributed by atoms with Gasteiger partial charge < -0.3 is 9.47 Å². The predicted molar refractivity (Wildman–Crippen MR) is 116 cm³/mol. The van der Waals surface area contributed by atoms with Crippen LogP contribution in [0.3, 0.4) is 0 Å². The summed E-state index contributed by atoms with van der Waals surface area (Å²) < 4.78 is 12.0. The summed E-state index contributed by atoms with van der Waals surface area (Å²) in [6.45, 7) is 0.370. The van der Waals surface area contributed by atoms with Crippen LogP contribution in [-0.4, -0.2) is 24.2 Å². The van der Waals surface area contributed by atoms with E-state index in [1.807, 2.05) is 24.3 Å². The van der Waals surface area contributed by atoms with E-state index in [4.69, 9.17) is 21.1 Å². The van der Waals surface area contributed by atoms with Crippen LogP contribution in [0.2, 0.25) is 5.02 Å². The van der Waals surface area contributed by atoms with E-state index in [1.165, 1.54) is 6.21 Å². The first-order valence-corrected chi connectivity index (χ1v) is 9.72. The van der Waals surface area contributed by atoms with Crippen molar-refractivity contribution in [2.24, 2.45) is 5.10 Å². The van der Waals surface area contributed by atoms with Crippen molar-refractivity contribution in [1.29, 1.82) is 0 Å². The van der Waals surface area contributed by atoms with Crippen molar-refractivity contribution < 1.29 is 14.3 Å². The molecule has 148 valence electrons. The van der Waals surface area contributed by atoms with Gasteiger partial charge in [-0.05, 0) is 57.9 Å². The molecule has 1 heterocycles. The van der Waals surface area contributed by atoms with Crippen LogP contribution < -0.4 is 14.9 Å². The quantitative estimate of drug-likeness (QED) is 0.392. The van der Waals surface area contributed by atoms with Crippen LogP contribution in [-0.2, 0) is 6.61 Å². The third-order valence-corrected chi connectivity index (χ3v) is 4.84. The van der Waals surface area contributed by atoms with Gasteiger partial charge in [-0.25, -0.2) is 5.43 Å². The Bertz CT molecular complexity index is 1010. The number of aromatic nitrogens is 1. The molecule has 0 spiro atoms. The molecule has 0 aliphatic heterocycles. The second-order valence-electron chi connectivity index (χ2n) is 5.87. The van der Waals surface area contributed by atoms with Crippen LogP contribution in [0.15, 0.2) is 70.5 Å². The molecule has 1 N–H and O–H groups in total. The fourth-order valence-electron chi connectivity index (χ4n) is 2.39. The molecule has 0 atom stereocenters. The lowest BCUT2D eigenvalue weighted by molar-refractivity contribution is 0.0955. The van der Waals surface area contributed by atoms with Gasteiger partial charge in [-0.15, -0.1) is 0 Å². The number of hydrogen-bond donors (Lipinski definition) is 1. The molecule has 0 aliphatic carbocycles. The maximum absolute atomic E-state index is 12.0. The van der Waals surface area contributed by atoms with E-state index >= 15 is 0 Å². The summed E-state index contributed by atoms with van der Waals surface area (Å²) >= 11 is 9.40. The molecule has 3 aromatic rings. The maximum atomic E-state index is 12.0. The topological polar surface area (TPSA) is 72.8 Å². The van der Waals surface area contributed by atoms with E-state index in [0.29, 0.717) is 28.7 Å². The van der Waals surface area contributed by atoms with Gasteiger partial charge in [0, 0.05) is 33.0 Å². The first kappa shape index (κ1) is 20.8. The Morgan fingerprint density at radius 3 is 2.59 bits per heavy atom.